The summed E-state index contributed by atoms with van der Waals surface area (Å²) in [5.41, 5.74) is 0.516. The van der Waals surface area contributed by atoms with Crippen LogP contribution in [-0.2, 0) is 23.7 Å². The molecule has 0 saturated carbocycles. The highest BCUT2D eigenvalue weighted by molar-refractivity contribution is 5.89. The van der Waals surface area contributed by atoms with Crippen LogP contribution in [-0.4, -0.2) is 49.3 Å². The Morgan fingerprint density at radius 1 is 1.03 bits per heavy atom. The maximum Gasteiger partial charge on any atom is 0.407 e. The van der Waals surface area contributed by atoms with Gasteiger partial charge in [0.25, 0.3) is 0 Å². The molecule has 0 aromatic rings. The number of carbonyl (C=O) groups excluding carboxylic acids is 2. The second-order valence-corrected chi connectivity index (χ2v) is 8.14. The Bertz CT molecular complexity index is 582. The third-order valence-corrected chi connectivity index (χ3v) is 5.62. The van der Waals surface area contributed by atoms with Crippen LogP contribution in [0.4, 0.5) is 4.79 Å². The zero-order chi connectivity index (χ0) is 22.0. The number of hydrogen-bond donors (Lipinski definition) is 1. The van der Waals surface area contributed by atoms with E-state index in [0.717, 1.165) is 51.4 Å². The van der Waals surface area contributed by atoms with Crippen molar-refractivity contribution in [2.75, 3.05) is 13.2 Å². The first kappa shape index (κ1) is 24.7. The van der Waals surface area contributed by atoms with Gasteiger partial charge in [0.2, 0.25) is 0 Å². The van der Waals surface area contributed by atoms with Crippen LogP contribution < -0.4 is 5.32 Å². The van der Waals surface area contributed by atoms with Gasteiger partial charge in [-0.25, -0.2) is 9.59 Å². The van der Waals surface area contributed by atoms with E-state index in [1.807, 2.05) is 13.0 Å². The minimum atomic E-state index is -0.673. The lowest BCUT2D eigenvalue weighted by molar-refractivity contribution is -0.185. The first-order valence-corrected chi connectivity index (χ1v) is 11.6. The van der Waals surface area contributed by atoms with Crippen molar-refractivity contribution in [3.05, 3.63) is 11.6 Å². The number of carbonyl (C=O) groups is 2. The fourth-order valence-corrected chi connectivity index (χ4v) is 3.98. The molecule has 172 valence electrons. The highest BCUT2D eigenvalue weighted by Gasteiger charge is 2.51. The SMILES string of the molecule is CCCCOC(=O)NC1CC(C(=O)OCC)=CC2OC(CCCC)(CCCC)OC12. The van der Waals surface area contributed by atoms with E-state index in [0.29, 0.717) is 25.2 Å². The van der Waals surface area contributed by atoms with E-state index in [4.69, 9.17) is 18.9 Å². The molecule has 1 aliphatic carbocycles. The van der Waals surface area contributed by atoms with Crippen molar-refractivity contribution in [1.82, 2.24) is 5.32 Å². The number of unbranched alkanes of at least 4 members (excludes halogenated alkanes) is 3. The van der Waals surface area contributed by atoms with Gasteiger partial charge in [0, 0.05) is 24.8 Å². The summed E-state index contributed by atoms with van der Waals surface area (Å²) in [5.74, 6) is -1.04. The van der Waals surface area contributed by atoms with Gasteiger partial charge in [-0.1, -0.05) is 40.0 Å². The van der Waals surface area contributed by atoms with Crippen molar-refractivity contribution in [1.29, 1.82) is 0 Å². The lowest BCUT2D eigenvalue weighted by Crippen LogP contribution is -2.50. The van der Waals surface area contributed by atoms with Crippen LogP contribution in [0.5, 0.6) is 0 Å². The quantitative estimate of drug-likeness (QED) is 0.362. The van der Waals surface area contributed by atoms with Crippen LogP contribution in [0.3, 0.4) is 0 Å². The summed E-state index contributed by atoms with van der Waals surface area (Å²) in [6.07, 6.45) is 8.37. The third-order valence-electron chi connectivity index (χ3n) is 5.62. The van der Waals surface area contributed by atoms with Crippen LogP contribution in [0.2, 0.25) is 0 Å². The van der Waals surface area contributed by atoms with Gasteiger partial charge >= 0.3 is 12.1 Å². The van der Waals surface area contributed by atoms with E-state index in [1.165, 1.54) is 0 Å². The van der Waals surface area contributed by atoms with Gasteiger partial charge in [0.05, 0.1) is 19.3 Å². The number of nitrogens with one attached hydrogen (secondary N) is 1. The molecule has 0 radical (unpaired) electrons. The zero-order valence-corrected chi connectivity index (χ0v) is 19.0. The van der Waals surface area contributed by atoms with Crippen LogP contribution in [0.15, 0.2) is 11.6 Å². The molecular formula is C23H39NO6. The lowest BCUT2D eigenvalue weighted by Gasteiger charge is -2.31. The Hall–Kier alpha value is -1.60. The van der Waals surface area contributed by atoms with Gasteiger partial charge in [-0.3, -0.25) is 0 Å². The molecule has 1 aliphatic heterocycles. The third kappa shape index (κ3) is 6.71. The molecule has 0 aromatic heterocycles. The Morgan fingerprint density at radius 3 is 2.30 bits per heavy atom. The first-order chi connectivity index (χ1) is 14.5. The van der Waals surface area contributed by atoms with Crippen LogP contribution in [0, 0.1) is 0 Å². The molecule has 2 rings (SSSR count). The molecule has 3 atom stereocenters. The van der Waals surface area contributed by atoms with Gasteiger partial charge in [0.1, 0.15) is 12.2 Å². The Morgan fingerprint density at radius 2 is 1.70 bits per heavy atom. The van der Waals surface area contributed by atoms with E-state index in [-0.39, 0.29) is 12.1 Å². The highest BCUT2D eigenvalue weighted by Crippen LogP contribution is 2.42. The van der Waals surface area contributed by atoms with Gasteiger partial charge in [0.15, 0.2) is 5.79 Å². The number of amides is 1. The zero-order valence-electron chi connectivity index (χ0n) is 19.0. The summed E-state index contributed by atoms with van der Waals surface area (Å²) in [4.78, 5) is 24.7. The molecule has 0 bridgehead atoms. The van der Waals surface area contributed by atoms with E-state index >= 15 is 0 Å². The van der Waals surface area contributed by atoms with Gasteiger partial charge in [-0.05, 0) is 32.3 Å². The molecular weight excluding hydrogens is 386 g/mol. The second-order valence-electron chi connectivity index (χ2n) is 8.14. The topological polar surface area (TPSA) is 83.1 Å². The smallest absolute Gasteiger partial charge is 0.407 e. The minimum Gasteiger partial charge on any atom is -0.463 e. The van der Waals surface area contributed by atoms with Crippen molar-refractivity contribution in [2.24, 2.45) is 0 Å². The number of rotatable bonds is 12. The Kier molecular flexibility index (Phi) is 10.1. The van der Waals surface area contributed by atoms with E-state index < -0.39 is 24.0 Å². The summed E-state index contributed by atoms with van der Waals surface area (Å²) in [6.45, 7) is 8.78. The molecule has 1 saturated heterocycles. The molecule has 1 heterocycles. The summed E-state index contributed by atoms with van der Waals surface area (Å²) in [6, 6.07) is -0.404. The largest absolute Gasteiger partial charge is 0.463 e. The second kappa shape index (κ2) is 12.3. The van der Waals surface area contributed by atoms with E-state index in [1.54, 1.807) is 6.92 Å². The number of ether oxygens (including phenoxy) is 4. The monoisotopic (exact) mass is 425 g/mol. The molecule has 3 unspecified atom stereocenters. The summed E-state index contributed by atoms with van der Waals surface area (Å²) < 4.78 is 23.4. The lowest BCUT2D eigenvalue weighted by atomic mass is 9.90. The standard InChI is InChI=1S/C23H39NO6/c1-5-9-12-23(13-10-6-2)29-19-16-17(21(25)27-8-4)15-18(20(19)30-23)24-22(26)28-14-11-7-3/h16,18-20H,5-15H2,1-4H3,(H,24,26). The molecule has 7 heteroatoms. The van der Waals surface area contributed by atoms with Crippen molar-refractivity contribution in [3.63, 3.8) is 0 Å². The highest BCUT2D eigenvalue weighted by atomic mass is 16.8. The minimum absolute atomic E-state index is 0.301. The molecule has 0 aromatic carbocycles. The summed E-state index contributed by atoms with van der Waals surface area (Å²) >= 11 is 0. The average Bonchev–Trinajstić information content (AvgIpc) is 3.10. The molecule has 1 N–H and O–H groups in total. The molecule has 7 nitrogen and oxygen atoms in total. The molecule has 2 aliphatic rings. The maximum atomic E-state index is 12.4. The predicted octanol–water partition coefficient (Wildman–Crippen LogP) is 4.64. The van der Waals surface area contributed by atoms with Crippen molar-refractivity contribution in [3.8, 4) is 0 Å². The van der Waals surface area contributed by atoms with Gasteiger partial charge < -0.3 is 24.3 Å². The van der Waals surface area contributed by atoms with E-state index in [9.17, 15) is 9.59 Å². The van der Waals surface area contributed by atoms with E-state index in [2.05, 4.69) is 19.2 Å². The first-order valence-electron chi connectivity index (χ1n) is 11.6. The fraction of sp³-hybridized carbons (Fsp3) is 0.826. The molecule has 1 amide bonds. The van der Waals surface area contributed by atoms with Crippen molar-refractivity contribution in [2.45, 2.75) is 110 Å². The van der Waals surface area contributed by atoms with Gasteiger partial charge in [-0.2, -0.15) is 0 Å². The van der Waals surface area contributed by atoms with Crippen LogP contribution >= 0.6 is 0 Å². The summed E-state index contributed by atoms with van der Waals surface area (Å²) in [5, 5.41) is 2.91. The number of fused-ring (bicyclic) bond motifs is 1. The fourth-order valence-electron chi connectivity index (χ4n) is 3.98. The molecule has 1 fully saturated rings. The van der Waals surface area contributed by atoms with Crippen LogP contribution in [0.1, 0.15) is 85.5 Å². The average molecular weight is 426 g/mol. The van der Waals surface area contributed by atoms with Crippen molar-refractivity contribution >= 4 is 12.1 Å². The Balaban J connectivity index is 2.19. The van der Waals surface area contributed by atoms with Crippen molar-refractivity contribution < 1.29 is 28.5 Å². The maximum absolute atomic E-state index is 12.4. The molecule has 30 heavy (non-hydrogen) atoms. The predicted molar refractivity (Wildman–Crippen MR) is 114 cm³/mol. The number of alkyl carbamates (subject to hydrolysis) is 1. The van der Waals surface area contributed by atoms with Crippen LogP contribution in [0.25, 0.3) is 0 Å². The Labute approximate surface area is 180 Å². The summed E-state index contributed by atoms with van der Waals surface area (Å²) in [7, 11) is 0. The number of esters is 1. The number of hydrogen-bond acceptors (Lipinski definition) is 6. The van der Waals surface area contributed by atoms with Gasteiger partial charge in [-0.15, -0.1) is 0 Å². The molecule has 0 spiro atoms. The normalized spacial score (nSPS) is 24.7.